The van der Waals surface area contributed by atoms with Crippen LogP contribution in [0, 0.1) is 5.92 Å². The van der Waals surface area contributed by atoms with Crippen LogP contribution < -0.4 is 4.72 Å². The second-order valence-corrected chi connectivity index (χ2v) is 8.20. The molecule has 2 aromatic rings. The highest BCUT2D eigenvalue weighted by atomic mass is 32.2. The molecule has 0 aliphatic carbocycles. The lowest BCUT2D eigenvalue weighted by Gasteiger charge is -2.31. The van der Waals surface area contributed by atoms with Gasteiger partial charge in [0.05, 0.1) is 18.6 Å². The first-order chi connectivity index (χ1) is 11.6. The van der Waals surface area contributed by atoms with Crippen molar-refractivity contribution in [2.24, 2.45) is 5.92 Å². The van der Waals surface area contributed by atoms with Crippen LogP contribution in [0.3, 0.4) is 0 Å². The van der Waals surface area contributed by atoms with Gasteiger partial charge in [0, 0.05) is 6.54 Å². The molecule has 1 saturated heterocycles. The zero-order chi connectivity index (χ0) is 16.8. The zero-order valence-corrected chi connectivity index (χ0v) is 14.5. The van der Waals surface area contributed by atoms with Crippen molar-refractivity contribution >= 4 is 10.0 Å². The Bertz CT molecular complexity index is 706. The summed E-state index contributed by atoms with van der Waals surface area (Å²) in [6.07, 6.45) is 3.72. The molecule has 0 amide bonds. The number of nitrogens with zero attached hydrogens (tertiary/aromatic N) is 1. The maximum Gasteiger partial charge on any atom is 0.215 e. The SMILES string of the molecule is O=S(=O)(Cc1ccccc1)NCC1CCN(Cc2ccco2)CC1. The van der Waals surface area contributed by atoms with Gasteiger partial charge in [-0.15, -0.1) is 0 Å². The molecule has 130 valence electrons. The molecule has 24 heavy (non-hydrogen) atoms. The number of benzene rings is 1. The number of furan rings is 1. The minimum Gasteiger partial charge on any atom is -0.468 e. The number of rotatable bonds is 7. The van der Waals surface area contributed by atoms with Crippen LogP contribution in [-0.2, 0) is 22.3 Å². The Labute approximate surface area is 143 Å². The summed E-state index contributed by atoms with van der Waals surface area (Å²) in [7, 11) is -3.27. The quantitative estimate of drug-likeness (QED) is 0.835. The number of likely N-dealkylation sites (tertiary alicyclic amines) is 1. The Kier molecular flexibility index (Phi) is 5.71. The van der Waals surface area contributed by atoms with Crippen molar-refractivity contribution in [3.8, 4) is 0 Å². The molecule has 0 atom stereocenters. The summed E-state index contributed by atoms with van der Waals surface area (Å²) in [5.41, 5.74) is 0.818. The number of sulfonamides is 1. The van der Waals surface area contributed by atoms with Crippen LogP contribution in [0.25, 0.3) is 0 Å². The lowest BCUT2D eigenvalue weighted by Crippen LogP contribution is -2.38. The fraction of sp³-hybridized carbons (Fsp3) is 0.444. The van der Waals surface area contributed by atoms with Crippen molar-refractivity contribution in [1.82, 2.24) is 9.62 Å². The summed E-state index contributed by atoms with van der Waals surface area (Å²) >= 11 is 0. The normalized spacial score (nSPS) is 17.2. The molecule has 3 rings (SSSR count). The van der Waals surface area contributed by atoms with Gasteiger partial charge < -0.3 is 4.42 Å². The molecule has 1 aromatic carbocycles. The van der Waals surface area contributed by atoms with E-state index in [9.17, 15) is 8.42 Å². The van der Waals surface area contributed by atoms with Crippen LogP contribution in [0.5, 0.6) is 0 Å². The minimum atomic E-state index is -3.27. The van der Waals surface area contributed by atoms with Gasteiger partial charge in [-0.1, -0.05) is 30.3 Å². The third-order valence-corrected chi connectivity index (χ3v) is 5.78. The van der Waals surface area contributed by atoms with Gasteiger partial charge in [-0.2, -0.15) is 0 Å². The van der Waals surface area contributed by atoms with Gasteiger partial charge in [-0.25, -0.2) is 13.1 Å². The third-order valence-electron chi connectivity index (χ3n) is 4.46. The highest BCUT2D eigenvalue weighted by Gasteiger charge is 2.21. The molecule has 5 nitrogen and oxygen atoms in total. The summed E-state index contributed by atoms with van der Waals surface area (Å²) in [6.45, 7) is 3.32. The van der Waals surface area contributed by atoms with E-state index in [1.54, 1.807) is 6.26 Å². The van der Waals surface area contributed by atoms with Gasteiger partial charge in [0.2, 0.25) is 10.0 Å². The van der Waals surface area contributed by atoms with E-state index >= 15 is 0 Å². The monoisotopic (exact) mass is 348 g/mol. The Morgan fingerprint density at radius 2 is 1.83 bits per heavy atom. The summed E-state index contributed by atoms with van der Waals surface area (Å²) < 4.78 is 32.5. The Hall–Kier alpha value is -1.63. The first-order valence-corrected chi connectivity index (χ1v) is 10.0. The molecular formula is C18H24N2O3S. The fourth-order valence-corrected chi connectivity index (χ4v) is 4.28. The molecular weight excluding hydrogens is 324 g/mol. The minimum absolute atomic E-state index is 0.0468. The molecule has 0 saturated carbocycles. The summed E-state index contributed by atoms with van der Waals surface area (Å²) in [4.78, 5) is 2.35. The lowest BCUT2D eigenvalue weighted by molar-refractivity contribution is 0.168. The Morgan fingerprint density at radius 3 is 2.50 bits per heavy atom. The van der Waals surface area contributed by atoms with E-state index in [0.717, 1.165) is 43.8 Å². The predicted octanol–water partition coefficient (Wildman–Crippen LogP) is 2.61. The number of hydrogen-bond acceptors (Lipinski definition) is 4. The fourth-order valence-electron chi connectivity index (χ4n) is 3.06. The first kappa shape index (κ1) is 17.2. The number of nitrogens with one attached hydrogen (secondary N) is 1. The van der Waals surface area contributed by atoms with E-state index in [1.165, 1.54) is 0 Å². The van der Waals surface area contributed by atoms with E-state index in [0.29, 0.717) is 12.5 Å². The number of piperidine rings is 1. The molecule has 0 unspecified atom stereocenters. The van der Waals surface area contributed by atoms with Crippen molar-refractivity contribution < 1.29 is 12.8 Å². The molecule has 1 aliphatic heterocycles. The van der Waals surface area contributed by atoms with Gasteiger partial charge in [0.15, 0.2) is 0 Å². The van der Waals surface area contributed by atoms with Gasteiger partial charge in [0.1, 0.15) is 5.76 Å². The molecule has 1 fully saturated rings. The molecule has 0 radical (unpaired) electrons. The van der Waals surface area contributed by atoms with Crippen molar-refractivity contribution in [3.05, 3.63) is 60.1 Å². The van der Waals surface area contributed by atoms with Crippen LogP contribution in [0.1, 0.15) is 24.2 Å². The average Bonchev–Trinajstić information content (AvgIpc) is 3.08. The van der Waals surface area contributed by atoms with E-state index in [1.807, 2.05) is 42.5 Å². The molecule has 1 N–H and O–H groups in total. The molecule has 2 heterocycles. The van der Waals surface area contributed by atoms with Crippen molar-refractivity contribution in [1.29, 1.82) is 0 Å². The maximum atomic E-state index is 12.2. The van der Waals surface area contributed by atoms with Gasteiger partial charge in [-0.3, -0.25) is 4.90 Å². The maximum absolute atomic E-state index is 12.2. The van der Waals surface area contributed by atoms with Crippen LogP contribution >= 0.6 is 0 Å². The van der Waals surface area contributed by atoms with E-state index in [-0.39, 0.29) is 5.75 Å². The standard InChI is InChI=1S/C18H24N2O3S/c21-24(22,15-17-5-2-1-3-6-17)19-13-16-8-10-20(11-9-16)14-18-7-4-12-23-18/h1-7,12,16,19H,8-11,13-15H2. The van der Waals surface area contributed by atoms with Gasteiger partial charge >= 0.3 is 0 Å². The average molecular weight is 348 g/mol. The molecule has 1 aromatic heterocycles. The van der Waals surface area contributed by atoms with Crippen LogP contribution in [0.15, 0.2) is 53.1 Å². The highest BCUT2D eigenvalue weighted by Crippen LogP contribution is 2.19. The van der Waals surface area contributed by atoms with E-state index in [2.05, 4.69) is 9.62 Å². The Balaban J connectivity index is 1.41. The smallest absolute Gasteiger partial charge is 0.215 e. The zero-order valence-electron chi connectivity index (χ0n) is 13.7. The predicted molar refractivity (Wildman–Crippen MR) is 93.8 cm³/mol. The van der Waals surface area contributed by atoms with Crippen LogP contribution in [0.2, 0.25) is 0 Å². The van der Waals surface area contributed by atoms with Crippen molar-refractivity contribution in [2.75, 3.05) is 19.6 Å². The van der Waals surface area contributed by atoms with Crippen LogP contribution in [0.4, 0.5) is 0 Å². The van der Waals surface area contributed by atoms with Crippen molar-refractivity contribution in [3.63, 3.8) is 0 Å². The highest BCUT2D eigenvalue weighted by molar-refractivity contribution is 7.88. The van der Waals surface area contributed by atoms with Crippen molar-refractivity contribution in [2.45, 2.75) is 25.1 Å². The third kappa shape index (κ3) is 5.19. The van der Waals surface area contributed by atoms with Crippen LogP contribution in [-0.4, -0.2) is 33.0 Å². The molecule has 6 heteroatoms. The van der Waals surface area contributed by atoms with Gasteiger partial charge in [-0.05, 0) is 49.5 Å². The summed E-state index contributed by atoms with van der Waals surface area (Å²) in [6, 6.07) is 13.2. The Morgan fingerprint density at radius 1 is 1.08 bits per heavy atom. The second-order valence-electron chi connectivity index (χ2n) is 6.39. The van der Waals surface area contributed by atoms with E-state index in [4.69, 9.17) is 4.42 Å². The topological polar surface area (TPSA) is 62.6 Å². The van der Waals surface area contributed by atoms with E-state index < -0.39 is 10.0 Å². The number of hydrogen-bond donors (Lipinski definition) is 1. The molecule has 1 aliphatic rings. The lowest BCUT2D eigenvalue weighted by atomic mass is 9.97. The largest absolute Gasteiger partial charge is 0.468 e. The first-order valence-electron chi connectivity index (χ1n) is 8.37. The summed E-state index contributed by atoms with van der Waals surface area (Å²) in [5, 5.41) is 0. The molecule has 0 spiro atoms. The summed E-state index contributed by atoms with van der Waals surface area (Å²) in [5.74, 6) is 1.44. The molecule has 0 bridgehead atoms. The second kappa shape index (κ2) is 7.96. The van der Waals surface area contributed by atoms with Gasteiger partial charge in [0.25, 0.3) is 0 Å².